The SMILES string of the molecule is C#Cc1ccc2c3c(ccc2c1)C(N(C)CCCCCC)(N(C)CCCCCC)c1ccc2ccccc2c1-3. The molecule has 0 atom stereocenters. The van der Waals surface area contributed by atoms with Crippen LogP contribution in [0.2, 0.25) is 0 Å². The summed E-state index contributed by atoms with van der Waals surface area (Å²) in [5, 5.41) is 5.15. The van der Waals surface area contributed by atoms with E-state index in [1.807, 2.05) is 0 Å². The Labute approximate surface area is 236 Å². The molecule has 1 aliphatic rings. The fourth-order valence-electron chi connectivity index (χ4n) is 6.94. The molecule has 202 valence electrons. The second-order valence-electron chi connectivity index (χ2n) is 11.4. The molecule has 0 fully saturated rings. The Balaban J connectivity index is 1.77. The van der Waals surface area contributed by atoms with Gasteiger partial charge in [-0.3, -0.25) is 9.80 Å². The van der Waals surface area contributed by atoms with Gasteiger partial charge >= 0.3 is 0 Å². The molecule has 0 N–H and O–H groups in total. The second kappa shape index (κ2) is 12.0. The van der Waals surface area contributed by atoms with E-state index in [4.69, 9.17) is 6.42 Å². The van der Waals surface area contributed by atoms with Crippen LogP contribution in [0, 0.1) is 12.3 Å². The number of hydrogen-bond donors (Lipinski definition) is 0. The number of fused-ring (bicyclic) bond motifs is 7. The summed E-state index contributed by atoms with van der Waals surface area (Å²) in [6, 6.07) is 24.9. The minimum Gasteiger partial charge on any atom is -0.281 e. The molecular formula is C37H44N2. The predicted molar refractivity (Wildman–Crippen MR) is 169 cm³/mol. The quantitative estimate of drug-likeness (QED) is 0.105. The molecule has 5 rings (SSSR count). The fraction of sp³-hybridized carbons (Fsp3) is 0.405. The molecule has 0 radical (unpaired) electrons. The molecule has 0 aliphatic heterocycles. The Morgan fingerprint density at radius 3 is 1.79 bits per heavy atom. The summed E-state index contributed by atoms with van der Waals surface area (Å²) in [7, 11) is 4.71. The van der Waals surface area contributed by atoms with Crippen molar-refractivity contribution in [2.24, 2.45) is 0 Å². The van der Waals surface area contributed by atoms with Gasteiger partial charge in [0.2, 0.25) is 0 Å². The molecule has 0 unspecified atom stereocenters. The Kier molecular flexibility index (Phi) is 8.41. The van der Waals surface area contributed by atoms with Crippen LogP contribution in [0.4, 0.5) is 0 Å². The van der Waals surface area contributed by atoms with E-state index < -0.39 is 0 Å². The van der Waals surface area contributed by atoms with Crippen LogP contribution in [-0.4, -0.2) is 37.0 Å². The van der Waals surface area contributed by atoms with Gasteiger partial charge in [-0.1, -0.05) is 113 Å². The van der Waals surface area contributed by atoms with Crippen molar-refractivity contribution in [3.63, 3.8) is 0 Å². The van der Waals surface area contributed by atoms with E-state index in [1.165, 1.54) is 95.2 Å². The molecule has 0 aromatic heterocycles. The Morgan fingerprint density at radius 2 is 1.21 bits per heavy atom. The average Bonchev–Trinajstić information content (AvgIpc) is 3.29. The van der Waals surface area contributed by atoms with Crippen molar-refractivity contribution in [1.29, 1.82) is 0 Å². The summed E-state index contributed by atoms with van der Waals surface area (Å²) in [5.41, 5.74) is 6.22. The van der Waals surface area contributed by atoms with Gasteiger partial charge in [-0.2, -0.15) is 0 Å². The van der Waals surface area contributed by atoms with Crippen molar-refractivity contribution in [2.45, 2.75) is 70.9 Å². The summed E-state index contributed by atoms with van der Waals surface area (Å²) < 4.78 is 0. The lowest BCUT2D eigenvalue weighted by Crippen LogP contribution is -2.55. The maximum Gasteiger partial charge on any atom is 0.127 e. The molecule has 0 saturated carbocycles. The zero-order valence-electron chi connectivity index (χ0n) is 24.4. The molecule has 4 aromatic carbocycles. The fourth-order valence-corrected chi connectivity index (χ4v) is 6.94. The highest BCUT2D eigenvalue weighted by atomic mass is 15.4. The van der Waals surface area contributed by atoms with Crippen LogP contribution in [0.1, 0.15) is 81.9 Å². The van der Waals surface area contributed by atoms with Gasteiger partial charge in [0.1, 0.15) is 5.66 Å². The number of hydrogen-bond acceptors (Lipinski definition) is 2. The van der Waals surface area contributed by atoms with Gasteiger partial charge in [0.15, 0.2) is 0 Å². The highest BCUT2D eigenvalue weighted by Gasteiger charge is 2.50. The third-order valence-corrected chi connectivity index (χ3v) is 8.92. The Hall–Kier alpha value is -3.12. The maximum absolute atomic E-state index is 5.80. The minimum atomic E-state index is -0.313. The number of terminal acetylenes is 1. The van der Waals surface area contributed by atoms with Crippen molar-refractivity contribution in [3.05, 3.63) is 83.4 Å². The molecule has 2 heteroatoms. The molecule has 39 heavy (non-hydrogen) atoms. The highest BCUT2D eigenvalue weighted by Crippen LogP contribution is 2.56. The van der Waals surface area contributed by atoms with Gasteiger partial charge in [0, 0.05) is 29.8 Å². The zero-order valence-corrected chi connectivity index (χ0v) is 24.4. The van der Waals surface area contributed by atoms with E-state index in [-0.39, 0.29) is 5.66 Å². The first kappa shape index (κ1) is 27.4. The summed E-state index contributed by atoms with van der Waals surface area (Å²) >= 11 is 0. The summed E-state index contributed by atoms with van der Waals surface area (Å²) in [6.07, 6.45) is 15.9. The average molecular weight is 517 g/mol. The highest BCUT2D eigenvalue weighted by molar-refractivity contribution is 6.11. The number of nitrogens with zero attached hydrogens (tertiary/aromatic N) is 2. The van der Waals surface area contributed by atoms with Crippen molar-refractivity contribution in [3.8, 4) is 23.5 Å². The third kappa shape index (κ3) is 4.77. The largest absolute Gasteiger partial charge is 0.281 e. The van der Waals surface area contributed by atoms with Crippen molar-refractivity contribution in [2.75, 3.05) is 27.2 Å². The smallest absolute Gasteiger partial charge is 0.127 e. The van der Waals surface area contributed by atoms with Crippen LogP contribution in [0.3, 0.4) is 0 Å². The third-order valence-electron chi connectivity index (χ3n) is 8.92. The van der Waals surface area contributed by atoms with Gasteiger partial charge in [-0.15, -0.1) is 6.42 Å². The molecule has 0 bridgehead atoms. The molecule has 0 amide bonds. The van der Waals surface area contributed by atoms with E-state index in [0.29, 0.717) is 0 Å². The minimum absolute atomic E-state index is 0.313. The van der Waals surface area contributed by atoms with Crippen LogP contribution < -0.4 is 0 Å². The van der Waals surface area contributed by atoms with E-state index in [0.717, 1.165) is 18.7 Å². The maximum atomic E-state index is 5.80. The van der Waals surface area contributed by atoms with Crippen LogP contribution in [0.25, 0.3) is 32.7 Å². The topological polar surface area (TPSA) is 6.48 Å². The van der Waals surface area contributed by atoms with Gasteiger partial charge in [0.05, 0.1) is 0 Å². The second-order valence-corrected chi connectivity index (χ2v) is 11.4. The molecule has 0 spiro atoms. The van der Waals surface area contributed by atoms with Gasteiger partial charge in [0.25, 0.3) is 0 Å². The van der Waals surface area contributed by atoms with Gasteiger partial charge < -0.3 is 0 Å². The lowest BCUT2D eigenvalue weighted by Gasteiger charge is -2.47. The Bertz CT molecular complexity index is 1470. The summed E-state index contributed by atoms with van der Waals surface area (Å²) in [5.74, 6) is 2.84. The van der Waals surface area contributed by atoms with Gasteiger partial charge in [-0.25, -0.2) is 0 Å². The standard InChI is InChI=1S/C37H44N2/c1-6-9-11-15-25-38(4)37(39(5)26-16-12-10-7-2)33-23-20-29-17-13-14-18-31(29)35(33)36-32-22-19-28(8-3)27-30(32)21-24-34(36)37/h3,13-14,17-24,27H,6-7,9-12,15-16,25-26H2,1-2,4-5H3. The van der Waals surface area contributed by atoms with Crippen molar-refractivity contribution >= 4 is 21.5 Å². The first-order valence-electron chi connectivity index (χ1n) is 15.1. The molecule has 2 nitrogen and oxygen atoms in total. The molecule has 0 heterocycles. The van der Waals surface area contributed by atoms with Crippen LogP contribution in [-0.2, 0) is 5.66 Å². The number of unbranched alkanes of at least 4 members (excludes halogenated alkanes) is 6. The monoisotopic (exact) mass is 516 g/mol. The summed E-state index contributed by atoms with van der Waals surface area (Å²) in [4.78, 5) is 5.31. The molecule has 1 aliphatic carbocycles. The predicted octanol–water partition coefficient (Wildman–Crippen LogP) is 9.18. The zero-order chi connectivity index (χ0) is 27.4. The number of rotatable bonds is 12. The van der Waals surface area contributed by atoms with Crippen LogP contribution in [0.15, 0.2) is 66.7 Å². The normalized spacial score (nSPS) is 13.8. The lowest BCUT2D eigenvalue weighted by molar-refractivity contribution is 0.00247. The van der Waals surface area contributed by atoms with Crippen molar-refractivity contribution < 1.29 is 0 Å². The van der Waals surface area contributed by atoms with E-state index in [1.54, 1.807) is 0 Å². The van der Waals surface area contributed by atoms with Crippen LogP contribution in [0.5, 0.6) is 0 Å². The first-order chi connectivity index (χ1) is 19.1. The molecular weight excluding hydrogens is 472 g/mol. The molecule has 0 saturated heterocycles. The van der Waals surface area contributed by atoms with E-state index in [9.17, 15) is 0 Å². The van der Waals surface area contributed by atoms with Gasteiger partial charge in [-0.05, 0) is 71.7 Å². The van der Waals surface area contributed by atoms with E-state index in [2.05, 4.69) is 110 Å². The van der Waals surface area contributed by atoms with Crippen LogP contribution >= 0.6 is 0 Å². The van der Waals surface area contributed by atoms with E-state index >= 15 is 0 Å². The molecule has 4 aromatic rings. The Morgan fingerprint density at radius 1 is 0.641 bits per heavy atom. The first-order valence-corrected chi connectivity index (χ1v) is 15.1. The van der Waals surface area contributed by atoms with Crippen molar-refractivity contribution in [1.82, 2.24) is 9.80 Å². The number of benzene rings is 4. The lowest BCUT2D eigenvalue weighted by atomic mass is 9.90. The summed E-state index contributed by atoms with van der Waals surface area (Å²) in [6.45, 7) is 6.72.